The molecule has 3 amide bonds. The molecule has 0 unspecified atom stereocenters. The van der Waals surface area contributed by atoms with Gasteiger partial charge in [0.25, 0.3) is 17.7 Å². The number of fused-ring (bicyclic) bond motifs is 2. The van der Waals surface area contributed by atoms with Crippen LogP contribution in [0.2, 0.25) is 0 Å². The van der Waals surface area contributed by atoms with Crippen LogP contribution in [0.1, 0.15) is 38.0 Å². The zero-order valence-electron chi connectivity index (χ0n) is 19.3. The van der Waals surface area contributed by atoms with Gasteiger partial charge in [0, 0.05) is 19.2 Å². The Kier molecular flexibility index (Phi) is 5.91. The first-order valence-electron chi connectivity index (χ1n) is 11.0. The molecule has 182 valence electrons. The second kappa shape index (κ2) is 8.94. The second-order valence-electron chi connectivity index (χ2n) is 8.06. The van der Waals surface area contributed by atoms with Gasteiger partial charge in [-0.15, -0.1) is 0 Å². The number of hydrogen-bond donors (Lipinski definition) is 1. The summed E-state index contributed by atoms with van der Waals surface area (Å²) in [6, 6.07) is 17.4. The Hall–Kier alpha value is -3.93. The van der Waals surface area contributed by atoms with Gasteiger partial charge in [-0.2, -0.15) is 0 Å². The van der Waals surface area contributed by atoms with Gasteiger partial charge in [0.2, 0.25) is 10.0 Å². The quantitative estimate of drug-likeness (QED) is 0.384. The molecule has 2 heterocycles. The van der Waals surface area contributed by atoms with Gasteiger partial charge >= 0.3 is 0 Å². The van der Waals surface area contributed by atoms with E-state index in [1.165, 1.54) is 29.6 Å². The number of nitrogens with zero attached hydrogens (tertiary/aromatic N) is 3. The van der Waals surface area contributed by atoms with Crippen molar-refractivity contribution in [1.82, 2.24) is 9.29 Å². The fourth-order valence-electron chi connectivity index (χ4n) is 3.85. The van der Waals surface area contributed by atoms with Crippen LogP contribution in [-0.2, 0) is 10.0 Å². The molecule has 3 aromatic carbocycles. The van der Waals surface area contributed by atoms with Gasteiger partial charge in [0.15, 0.2) is 5.13 Å². The lowest BCUT2D eigenvalue weighted by Crippen LogP contribution is -2.29. The summed E-state index contributed by atoms with van der Waals surface area (Å²) < 4.78 is 27.1. The molecule has 0 saturated carbocycles. The van der Waals surface area contributed by atoms with Crippen LogP contribution in [0.4, 0.5) is 10.8 Å². The number of sulfonamides is 1. The van der Waals surface area contributed by atoms with Crippen LogP contribution in [0.5, 0.6) is 0 Å². The Morgan fingerprint density at radius 2 is 1.69 bits per heavy atom. The van der Waals surface area contributed by atoms with Crippen LogP contribution in [0.15, 0.2) is 71.6 Å². The molecule has 0 fully saturated rings. The minimum Gasteiger partial charge on any atom is -0.298 e. The Morgan fingerprint density at radius 1 is 1.00 bits per heavy atom. The number of carbonyl (C=O) groups is 3. The first-order chi connectivity index (χ1) is 17.2. The minimum atomic E-state index is -3.61. The van der Waals surface area contributed by atoms with Gasteiger partial charge < -0.3 is 0 Å². The molecule has 1 aromatic heterocycles. The van der Waals surface area contributed by atoms with Gasteiger partial charge in [-0.3, -0.25) is 19.7 Å². The summed E-state index contributed by atoms with van der Waals surface area (Å²) in [5.74, 6) is -1.37. The summed E-state index contributed by atoms with van der Waals surface area (Å²) in [5, 5.41) is 3.01. The highest BCUT2D eigenvalue weighted by atomic mass is 32.2. The number of amides is 3. The Morgan fingerprint density at radius 3 is 2.36 bits per heavy atom. The van der Waals surface area contributed by atoms with E-state index in [1.54, 1.807) is 55.5 Å². The molecule has 0 radical (unpaired) electrons. The molecule has 1 N–H and O–H groups in total. The fourth-order valence-corrected chi connectivity index (χ4v) is 6.03. The molecule has 0 bridgehead atoms. The Balaban J connectivity index is 1.39. The van der Waals surface area contributed by atoms with Crippen molar-refractivity contribution in [2.24, 2.45) is 0 Å². The van der Waals surface area contributed by atoms with Crippen molar-refractivity contribution < 1.29 is 22.8 Å². The zero-order chi connectivity index (χ0) is 25.6. The number of aromatic nitrogens is 1. The van der Waals surface area contributed by atoms with E-state index in [9.17, 15) is 22.8 Å². The molecular weight excluding hydrogens is 500 g/mol. The molecule has 1 aliphatic rings. The number of nitrogens with one attached hydrogen (secondary N) is 1. The summed E-state index contributed by atoms with van der Waals surface area (Å²) >= 11 is 1.15. The second-order valence-corrected chi connectivity index (χ2v) is 11.1. The van der Waals surface area contributed by atoms with Crippen LogP contribution in [0.3, 0.4) is 0 Å². The van der Waals surface area contributed by atoms with Crippen LogP contribution in [0.25, 0.3) is 10.2 Å². The van der Waals surface area contributed by atoms with Crippen molar-refractivity contribution in [2.45, 2.75) is 11.8 Å². The summed E-state index contributed by atoms with van der Waals surface area (Å²) in [6.07, 6.45) is 0. The van der Waals surface area contributed by atoms with E-state index in [4.69, 9.17) is 0 Å². The van der Waals surface area contributed by atoms with Crippen molar-refractivity contribution in [3.63, 3.8) is 0 Å². The zero-order valence-corrected chi connectivity index (χ0v) is 20.9. The van der Waals surface area contributed by atoms with E-state index < -0.39 is 27.7 Å². The third-order valence-electron chi connectivity index (χ3n) is 5.89. The lowest BCUT2D eigenvalue weighted by Gasteiger charge is -2.14. The number of rotatable bonds is 6. The third kappa shape index (κ3) is 3.96. The lowest BCUT2D eigenvalue weighted by atomic mass is 10.1. The first kappa shape index (κ1) is 23.8. The van der Waals surface area contributed by atoms with Gasteiger partial charge in [-0.1, -0.05) is 36.5 Å². The topological polar surface area (TPSA) is 117 Å². The highest BCUT2D eigenvalue weighted by Crippen LogP contribution is 2.31. The summed E-state index contributed by atoms with van der Waals surface area (Å²) in [7, 11) is -2.11. The average molecular weight is 521 g/mol. The molecule has 4 aromatic rings. The monoisotopic (exact) mass is 520 g/mol. The predicted octanol–water partition coefficient (Wildman–Crippen LogP) is 3.99. The van der Waals surface area contributed by atoms with E-state index >= 15 is 0 Å². The maximum Gasteiger partial charge on any atom is 0.266 e. The molecule has 0 aliphatic carbocycles. The number of anilines is 2. The van der Waals surface area contributed by atoms with Crippen LogP contribution in [0, 0.1) is 0 Å². The average Bonchev–Trinajstić information content (AvgIpc) is 3.40. The number of benzene rings is 3. The molecule has 0 atom stereocenters. The number of thiazole rings is 1. The van der Waals surface area contributed by atoms with E-state index in [0.29, 0.717) is 33.0 Å². The maximum absolute atomic E-state index is 13.0. The molecule has 11 heteroatoms. The molecular formula is C25H20N4O5S2. The molecule has 1 aliphatic heterocycles. The molecule has 36 heavy (non-hydrogen) atoms. The number of carbonyl (C=O) groups excluding carboxylic acids is 3. The molecule has 0 saturated heterocycles. The van der Waals surface area contributed by atoms with Crippen LogP contribution >= 0.6 is 11.3 Å². The highest BCUT2D eigenvalue weighted by Gasteiger charge is 2.36. The van der Waals surface area contributed by atoms with E-state index in [-0.39, 0.29) is 16.1 Å². The fraction of sp³-hybridized carbons (Fsp3) is 0.120. The Labute approximate surface area is 211 Å². The normalized spacial score (nSPS) is 13.5. The summed E-state index contributed by atoms with van der Waals surface area (Å²) in [5.41, 5.74) is 1.70. The van der Waals surface area contributed by atoms with Gasteiger partial charge in [0.1, 0.15) is 0 Å². The van der Waals surface area contributed by atoms with Gasteiger partial charge in [0.05, 0.1) is 31.9 Å². The SMILES string of the molecule is CCN(C)S(=O)(=O)c1ccc2nc(NC(=O)c3cccc(N4C(=O)c5ccccc5C4=O)c3)sc2c1. The Bertz CT molecular complexity index is 1630. The maximum atomic E-state index is 13.0. The highest BCUT2D eigenvalue weighted by molar-refractivity contribution is 7.89. The number of hydrogen-bond acceptors (Lipinski definition) is 7. The van der Waals surface area contributed by atoms with Crippen molar-refractivity contribution in [3.05, 3.63) is 83.4 Å². The largest absolute Gasteiger partial charge is 0.298 e. The van der Waals surface area contributed by atoms with Crippen LogP contribution in [-0.4, -0.2) is 49.0 Å². The smallest absolute Gasteiger partial charge is 0.266 e. The van der Waals surface area contributed by atoms with Gasteiger partial charge in [-0.25, -0.2) is 22.6 Å². The summed E-state index contributed by atoms with van der Waals surface area (Å²) in [6.45, 7) is 2.09. The predicted molar refractivity (Wildman–Crippen MR) is 137 cm³/mol. The van der Waals surface area contributed by atoms with Crippen LogP contribution < -0.4 is 10.2 Å². The van der Waals surface area contributed by atoms with Crippen molar-refractivity contribution in [2.75, 3.05) is 23.8 Å². The lowest BCUT2D eigenvalue weighted by molar-refractivity contribution is 0.0924. The van der Waals surface area contributed by atoms with Crippen molar-refractivity contribution in [3.8, 4) is 0 Å². The van der Waals surface area contributed by atoms with Crippen molar-refractivity contribution >= 4 is 60.1 Å². The van der Waals surface area contributed by atoms with Crippen molar-refractivity contribution in [1.29, 1.82) is 0 Å². The molecule has 9 nitrogen and oxygen atoms in total. The molecule has 0 spiro atoms. The number of imide groups is 1. The summed E-state index contributed by atoms with van der Waals surface area (Å²) in [4.78, 5) is 44.1. The first-order valence-corrected chi connectivity index (χ1v) is 13.2. The van der Waals surface area contributed by atoms with E-state index in [1.807, 2.05) is 0 Å². The van der Waals surface area contributed by atoms with E-state index in [0.717, 1.165) is 16.2 Å². The standard InChI is InChI=1S/C25H20N4O5S2/c1-3-28(2)36(33,34)17-11-12-20-21(14-17)35-25(26-20)27-22(30)15-7-6-8-16(13-15)29-23(31)18-9-4-5-10-19(18)24(29)32/h4-14H,3H2,1-2H3,(H,26,27,30). The van der Waals surface area contributed by atoms with E-state index in [2.05, 4.69) is 10.3 Å². The van der Waals surface area contributed by atoms with Gasteiger partial charge in [-0.05, 0) is 48.5 Å². The molecule has 5 rings (SSSR count). The third-order valence-corrected chi connectivity index (χ3v) is 8.76. The minimum absolute atomic E-state index is 0.148.